The van der Waals surface area contributed by atoms with Gasteiger partial charge in [-0.15, -0.1) is 0 Å². The van der Waals surface area contributed by atoms with E-state index in [9.17, 15) is 4.39 Å². The van der Waals surface area contributed by atoms with Crippen molar-refractivity contribution >= 4 is 45.6 Å². The zero-order valence-corrected chi connectivity index (χ0v) is 18.2. The summed E-state index contributed by atoms with van der Waals surface area (Å²) >= 11 is 11.8. The van der Waals surface area contributed by atoms with Gasteiger partial charge in [0.2, 0.25) is 0 Å². The highest BCUT2D eigenvalue weighted by molar-refractivity contribution is 6.42. The Morgan fingerprint density at radius 3 is 2.71 bits per heavy atom. The third-order valence-corrected chi connectivity index (χ3v) is 6.06. The van der Waals surface area contributed by atoms with E-state index in [0.717, 1.165) is 12.8 Å². The zero-order valence-electron chi connectivity index (χ0n) is 16.7. The number of halogens is 3. The monoisotopic (exact) mass is 461 g/mol. The Morgan fingerprint density at radius 1 is 1.23 bits per heavy atom. The van der Waals surface area contributed by atoms with Crippen LogP contribution in [0.5, 0.6) is 11.5 Å². The molecule has 0 spiro atoms. The number of anilines is 2. The Labute approximate surface area is 188 Å². The maximum Gasteiger partial charge on any atom is 0.179 e. The normalized spacial score (nSPS) is 17.5. The molecule has 1 saturated carbocycles. The molecule has 0 bridgehead atoms. The van der Waals surface area contributed by atoms with Gasteiger partial charge in [0.1, 0.15) is 18.2 Å². The molecule has 10 heteroatoms. The number of rotatable bonds is 6. The molecule has 7 nitrogen and oxygen atoms in total. The van der Waals surface area contributed by atoms with Gasteiger partial charge in [0.05, 0.1) is 28.4 Å². The predicted molar refractivity (Wildman–Crippen MR) is 117 cm³/mol. The second-order valence-electron chi connectivity index (χ2n) is 7.17. The summed E-state index contributed by atoms with van der Waals surface area (Å²) in [6, 6.07) is 6.65. The van der Waals surface area contributed by atoms with Crippen LogP contribution in [0.2, 0.25) is 10.0 Å². The molecule has 1 aliphatic carbocycles. The first-order chi connectivity index (χ1) is 14.9. The summed E-state index contributed by atoms with van der Waals surface area (Å²) in [6.07, 6.45) is 4.91. The van der Waals surface area contributed by atoms with Crippen molar-refractivity contribution in [2.75, 3.05) is 19.5 Å². The molecular weight excluding hydrogens is 444 g/mol. The first kappa shape index (κ1) is 21.2. The van der Waals surface area contributed by atoms with Gasteiger partial charge >= 0.3 is 0 Å². The van der Waals surface area contributed by atoms with Gasteiger partial charge in [-0.2, -0.15) is 5.26 Å². The summed E-state index contributed by atoms with van der Waals surface area (Å²) in [4.78, 5) is 10.1. The van der Waals surface area contributed by atoms with Crippen LogP contribution in [0.4, 0.5) is 15.9 Å². The highest BCUT2D eigenvalue weighted by Gasteiger charge is 2.34. The minimum atomic E-state index is -0.673. The minimum Gasteiger partial charge on any atom is -0.493 e. The third kappa shape index (κ3) is 4.11. The van der Waals surface area contributed by atoms with E-state index in [-0.39, 0.29) is 27.9 Å². The largest absolute Gasteiger partial charge is 0.493 e. The van der Waals surface area contributed by atoms with Gasteiger partial charge < -0.3 is 19.7 Å². The van der Waals surface area contributed by atoms with Crippen LogP contribution >= 0.6 is 23.2 Å². The number of hydrogen-bond acceptors (Lipinski definition) is 7. The summed E-state index contributed by atoms with van der Waals surface area (Å²) in [7, 11) is 3.31. The fourth-order valence-corrected chi connectivity index (χ4v) is 3.69. The number of nitrogens with one attached hydrogen (secondary N) is 1. The van der Waals surface area contributed by atoms with Crippen LogP contribution in [0.25, 0.3) is 10.9 Å². The second kappa shape index (κ2) is 8.61. The van der Waals surface area contributed by atoms with Gasteiger partial charge in [-0.05, 0) is 18.2 Å². The molecule has 31 heavy (non-hydrogen) atoms. The van der Waals surface area contributed by atoms with Crippen LogP contribution in [0.1, 0.15) is 12.8 Å². The Kier molecular flexibility index (Phi) is 5.90. The van der Waals surface area contributed by atoms with Crippen molar-refractivity contribution in [2.45, 2.75) is 25.0 Å². The first-order valence-electron chi connectivity index (χ1n) is 9.43. The Bertz CT molecular complexity index is 1180. The number of benzene rings is 2. The highest BCUT2D eigenvalue weighted by Crippen LogP contribution is 2.39. The molecule has 1 aliphatic rings. The smallest absolute Gasteiger partial charge is 0.179 e. The van der Waals surface area contributed by atoms with Gasteiger partial charge in [0.25, 0.3) is 0 Å². The van der Waals surface area contributed by atoms with E-state index in [1.807, 2.05) is 0 Å². The number of aromatic nitrogens is 2. The summed E-state index contributed by atoms with van der Waals surface area (Å²) in [5.41, 5.74) is 0.729. The molecule has 160 valence electrons. The standard InChI is InChI=1S/C21H18Cl2FN5O2/c1-29(9-25)11-5-12(6-11)31-18-7-13-16(8-17(18)30-2)26-10-27-21(13)28-15-4-3-14(22)19(23)20(15)24/h3-4,7-8,10-12H,5-6H2,1-2H3,(H,26,27,28). The van der Waals surface area contributed by atoms with Gasteiger partial charge in [-0.25, -0.2) is 14.4 Å². The van der Waals surface area contributed by atoms with Crippen molar-refractivity contribution in [1.29, 1.82) is 5.26 Å². The number of methoxy groups -OCH3 is 1. The second-order valence-corrected chi connectivity index (χ2v) is 7.95. The maximum absolute atomic E-state index is 14.5. The highest BCUT2D eigenvalue weighted by atomic mass is 35.5. The molecule has 4 rings (SSSR count). The van der Waals surface area contributed by atoms with Crippen LogP contribution in [0.15, 0.2) is 30.6 Å². The SMILES string of the molecule is COc1cc2ncnc(Nc3ccc(Cl)c(Cl)c3F)c2cc1OC1CC(N(C)C#N)C1. The molecular formula is C21H18Cl2FN5O2. The fraction of sp³-hybridized carbons (Fsp3) is 0.286. The predicted octanol–water partition coefficient (Wildman–Crippen LogP) is 5.15. The summed E-state index contributed by atoms with van der Waals surface area (Å²) in [5.74, 6) is 0.749. The van der Waals surface area contributed by atoms with Gasteiger partial charge in [-0.3, -0.25) is 0 Å². The average molecular weight is 462 g/mol. The molecule has 0 radical (unpaired) electrons. The van der Waals surface area contributed by atoms with E-state index in [2.05, 4.69) is 21.5 Å². The van der Waals surface area contributed by atoms with Crippen molar-refractivity contribution in [1.82, 2.24) is 14.9 Å². The molecule has 0 amide bonds. The molecule has 3 aromatic rings. The van der Waals surface area contributed by atoms with Crippen LogP contribution in [-0.2, 0) is 0 Å². The van der Waals surface area contributed by atoms with E-state index in [4.69, 9.17) is 37.9 Å². The van der Waals surface area contributed by atoms with Crippen LogP contribution in [0, 0.1) is 17.3 Å². The lowest BCUT2D eigenvalue weighted by molar-refractivity contribution is 0.0490. The number of nitrogens with zero attached hydrogens (tertiary/aromatic N) is 4. The summed E-state index contributed by atoms with van der Waals surface area (Å²) < 4.78 is 26.1. The van der Waals surface area contributed by atoms with Gasteiger partial charge in [0, 0.05) is 37.4 Å². The Balaban J connectivity index is 1.65. The number of nitriles is 1. The molecule has 0 saturated heterocycles. The molecule has 0 aliphatic heterocycles. The Morgan fingerprint density at radius 2 is 2.00 bits per heavy atom. The van der Waals surface area contributed by atoms with E-state index in [0.29, 0.717) is 28.2 Å². The topological polar surface area (TPSA) is 83.3 Å². The van der Waals surface area contributed by atoms with Crippen molar-refractivity contribution in [3.8, 4) is 17.7 Å². The van der Waals surface area contributed by atoms with Gasteiger partial charge in [0.15, 0.2) is 23.5 Å². The van der Waals surface area contributed by atoms with Crippen LogP contribution < -0.4 is 14.8 Å². The van der Waals surface area contributed by atoms with Crippen molar-refractivity contribution in [2.24, 2.45) is 0 Å². The van der Waals surface area contributed by atoms with Crippen LogP contribution in [-0.4, -0.2) is 41.2 Å². The van der Waals surface area contributed by atoms with E-state index in [1.165, 1.54) is 18.5 Å². The Hall–Kier alpha value is -3.02. The number of hydrogen-bond donors (Lipinski definition) is 1. The molecule has 1 heterocycles. The third-order valence-electron chi connectivity index (χ3n) is 5.28. The van der Waals surface area contributed by atoms with Gasteiger partial charge in [-0.1, -0.05) is 23.2 Å². The molecule has 1 fully saturated rings. The number of ether oxygens (including phenoxy) is 2. The summed E-state index contributed by atoms with van der Waals surface area (Å²) in [6.45, 7) is 0. The first-order valence-corrected chi connectivity index (χ1v) is 10.2. The van der Waals surface area contributed by atoms with Crippen molar-refractivity contribution < 1.29 is 13.9 Å². The quantitative estimate of drug-likeness (QED) is 0.308. The van der Waals surface area contributed by atoms with E-state index >= 15 is 0 Å². The summed E-state index contributed by atoms with van der Waals surface area (Å²) in [5, 5.41) is 12.5. The lowest BCUT2D eigenvalue weighted by Crippen LogP contribution is -2.45. The fourth-order valence-electron chi connectivity index (χ4n) is 3.38. The molecule has 1 aromatic heterocycles. The minimum absolute atomic E-state index is 0.0410. The molecule has 2 aromatic carbocycles. The molecule has 1 N–H and O–H groups in total. The number of fused-ring (bicyclic) bond motifs is 1. The van der Waals surface area contributed by atoms with Crippen molar-refractivity contribution in [3.63, 3.8) is 0 Å². The lowest BCUT2D eigenvalue weighted by Gasteiger charge is -2.38. The molecule has 0 atom stereocenters. The van der Waals surface area contributed by atoms with Crippen molar-refractivity contribution in [3.05, 3.63) is 46.5 Å². The average Bonchev–Trinajstić information content (AvgIpc) is 2.75. The lowest BCUT2D eigenvalue weighted by atomic mass is 9.88. The van der Waals surface area contributed by atoms with E-state index in [1.54, 1.807) is 31.2 Å². The molecule has 0 unspecified atom stereocenters. The zero-order chi connectivity index (χ0) is 22.1. The maximum atomic E-state index is 14.5. The van der Waals surface area contributed by atoms with E-state index < -0.39 is 5.82 Å². The van der Waals surface area contributed by atoms with Crippen LogP contribution in [0.3, 0.4) is 0 Å².